The summed E-state index contributed by atoms with van der Waals surface area (Å²) in [7, 11) is 0. The predicted octanol–water partition coefficient (Wildman–Crippen LogP) is 4.63. The lowest BCUT2D eigenvalue weighted by molar-refractivity contribution is 1.16. The average molecular weight is 252 g/mol. The molecule has 1 aromatic heterocycles. The number of thiophene rings is 1. The lowest BCUT2D eigenvalue weighted by Crippen LogP contribution is -2.00. The van der Waals surface area contributed by atoms with E-state index in [1.54, 1.807) is 11.3 Å². The fourth-order valence-electron chi connectivity index (χ4n) is 1.59. The molecule has 0 unspecified atom stereocenters. The van der Waals surface area contributed by atoms with E-state index in [0.29, 0.717) is 0 Å². The molecule has 0 aliphatic carbocycles. The second-order valence-electron chi connectivity index (χ2n) is 3.84. The van der Waals surface area contributed by atoms with Gasteiger partial charge in [0.15, 0.2) is 0 Å². The highest BCUT2D eigenvalue weighted by Gasteiger charge is 2.01. The lowest BCUT2D eigenvalue weighted by Gasteiger charge is -2.09. The van der Waals surface area contributed by atoms with Crippen LogP contribution in [0.25, 0.3) is 0 Å². The van der Waals surface area contributed by atoms with Crippen molar-refractivity contribution in [1.82, 2.24) is 0 Å². The van der Waals surface area contributed by atoms with Crippen molar-refractivity contribution in [2.75, 3.05) is 5.32 Å². The number of hydrogen-bond acceptors (Lipinski definition) is 2. The molecular weight excluding hydrogens is 238 g/mol. The van der Waals surface area contributed by atoms with Gasteiger partial charge in [-0.05, 0) is 54.6 Å². The van der Waals surface area contributed by atoms with Crippen LogP contribution in [0.3, 0.4) is 0 Å². The van der Waals surface area contributed by atoms with Crippen LogP contribution in [-0.2, 0) is 6.54 Å². The zero-order valence-corrected chi connectivity index (χ0v) is 11.0. The Morgan fingerprint density at radius 1 is 1.19 bits per heavy atom. The Bertz CT molecular complexity index is 490. The molecule has 16 heavy (non-hydrogen) atoms. The van der Waals surface area contributed by atoms with Gasteiger partial charge < -0.3 is 5.32 Å². The third kappa shape index (κ3) is 2.57. The van der Waals surface area contributed by atoms with Crippen LogP contribution >= 0.6 is 22.9 Å². The van der Waals surface area contributed by atoms with Gasteiger partial charge in [0.05, 0.1) is 0 Å². The number of nitrogens with one attached hydrogen (secondary N) is 1. The SMILES string of the molecule is Cc1cc(Cl)ccc1NCc1sccc1C. The van der Waals surface area contributed by atoms with E-state index >= 15 is 0 Å². The molecule has 0 aliphatic heterocycles. The molecule has 0 fully saturated rings. The van der Waals surface area contributed by atoms with E-state index in [0.717, 1.165) is 17.3 Å². The molecule has 0 saturated heterocycles. The maximum Gasteiger partial charge on any atom is 0.0496 e. The Kier molecular flexibility index (Phi) is 3.52. The lowest BCUT2D eigenvalue weighted by atomic mass is 10.2. The first-order valence-corrected chi connectivity index (χ1v) is 6.45. The van der Waals surface area contributed by atoms with E-state index in [-0.39, 0.29) is 0 Å². The highest BCUT2D eigenvalue weighted by Crippen LogP contribution is 2.22. The van der Waals surface area contributed by atoms with Crippen LogP contribution in [0.5, 0.6) is 0 Å². The zero-order valence-electron chi connectivity index (χ0n) is 9.38. The van der Waals surface area contributed by atoms with E-state index in [2.05, 4.69) is 30.6 Å². The Balaban J connectivity index is 2.08. The highest BCUT2D eigenvalue weighted by atomic mass is 35.5. The van der Waals surface area contributed by atoms with Gasteiger partial charge in [-0.1, -0.05) is 11.6 Å². The molecule has 0 spiro atoms. The quantitative estimate of drug-likeness (QED) is 0.839. The van der Waals surface area contributed by atoms with Crippen molar-refractivity contribution in [2.45, 2.75) is 20.4 Å². The molecule has 3 heteroatoms. The van der Waals surface area contributed by atoms with Crippen LogP contribution in [-0.4, -0.2) is 0 Å². The van der Waals surface area contributed by atoms with Gasteiger partial charge in [-0.2, -0.15) is 0 Å². The van der Waals surface area contributed by atoms with Crippen molar-refractivity contribution < 1.29 is 0 Å². The van der Waals surface area contributed by atoms with Crippen LogP contribution in [0.1, 0.15) is 16.0 Å². The van der Waals surface area contributed by atoms with E-state index in [9.17, 15) is 0 Å². The molecule has 1 nitrogen and oxygen atoms in total. The topological polar surface area (TPSA) is 12.0 Å². The number of aryl methyl sites for hydroxylation is 2. The molecular formula is C13H14ClNS. The van der Waals surface area contributed by atoms with Crippen molar-refractivity contribution in [3.8, 4) is 0 Å². The van der Waals surface area contributed by atoms with Crippen molar-refractivity contribution >= 4 is 28.6 Å². The van der Waals surface area contributed by atoms with Crippen molar-refractivity contribution in [2.24, 2.45) is 0 Å². The number of halogens is 1. The van der Waals surface area contributed by atoms with Gasteiger partial charge in [-0.15, -0.1) is 11.3 Å². The van der Waals surface area contributed by atoms with Gasteiger partial charge in [0, 0.05) is 22.1 Å². The smallest absolute Gasteiger partial charge is 0.0496 e. The molecule has 0 saturated carbocycles. The van der Waals surface area contributed by atoms with Crippen molar-refractivity contribution in [3.63, 3.8) is 0 Å². The van der Waals surface area contributed by atoms with Gasteiger partial charge in [0.2, 0.25) is 0 Å². The van der Waals surface area contributed by atoms with Crippen LogP contribution < -0.4 is 5.32 Å². The monoisotopic (exact) mass is 251 g/mol. The Labute approximate surface area is 105 Å². The normalized spacial score (nSPS) is 10.4. The molecule has 1 heterocycles. The summed E-state index contributed by atoms with van der Waals surface area (Å²) in [5.74, 6) is 0. The van der Waals surface area contributed by atoms with Gasteiger partial charge in [-0.25, -0.2) is 0 Å². The predicted molar refractivity (Wildman–Crippen MR) is 72.6 cm³/mol. The molecule has 0 atom stereocenters. The third-order valence-corrected chi connectivity index (χ3v) is 3.85. The summed E-state index contributed by atoms with van der Waals surface area (Å²) in [5, 5.41) is 6.35. The number of hydrogen-bond donors (Lipinski definition) is 1. The molecule has 0 amide bonds. The Hall–Kier alpha value is -0.990. The van der Waals surface area contributed by atoms with E-state index in [4.69, 9.17) is 11.6 Å². The van der Waals surface area contributed by atoms with E-state index in [1.807, 2.05) is 18.2 Å². The van der Waals surface area contributed by atoms with Gasteiger partial charge in [0.1, 0.15) is 0 Å². The largest absolute Gasteiger partial charge is 0.380 e. The summed E-state index contributed by atoms with van der Waals surface area (Å²) in [6, 6.07) is 8.07. The first kappa shape index (κ1) is 11.5. The van der Waals surface area contributed by atoms with E-state index in [1.165, 1.54) is 16.0 Å². The summed E-state index contributed by atoms with van der Waals surface area (Å²) in [5.41, 5.74) is 3.68. The standard InChI is InChI=1S/C13H14ClNS/c1-9-5-6-16-13(9)8-15-12-4-3-11(14)7-10(12)2/h3-7,15H,8H2,1-2H3. The minimum atomic E-state index is 0.787. The van der Waals surface area contributed by atoms with Gasteiger partial charge in [0.25, 0.3) is 0 Å². The number of rotatable bonds is 3. The first-order chi connectivity index (χ1) is 7.66. The Morgan fingerprint density at radius 2 is 2.00 bits per heavy atom. The van der Waals surface area contributed by atoms with Crippen molar-refractivity contribution in [3.05, 3.63) is 50.7 Å². The molecule has 1 aromatic carbocycles. The fraction of sp³-hybridized carbons (Fsp3) is 0.231. The minimum absolute atomic E-state index is 0.787. The van der Waals surface area contributed by atoms with Crippen LogP contribution in [0, 0.1) is 13.8 Å². The second-order valence-corrected chi connectivity index (χ2v) is 5.28. The summed E-state index contributed by atoms with van der Waals surface area (Å²) in [6.07, 6.45) is 0. The molecule has 84 valence electrons. The van der Waals surface area contributed by atoms with Gasteiger partial charge >= 0.3 is 0 Å². The summed E-state index contributed by atoms with van der Waals surface area (Å²) < 4.78 is 0. The van der Waals surface area contributed by atoms with Crippen molar-refractivity contribution in [1.29, 1.82) is 0 Å². The third-order valence-electron chi connectivity index (χ3n) is 2.60. The van der Waals surface area contributed by atoms with E-state index < -0.39 is 0 Å². The maximum atomic E-state index is 5.92. The van der Waals surface area contributed by atoms with Crippen LogP contribution in [0.15, 0.2) is 29.6 Å². The molecule has 2 rings (SSSR count). The molecule has 0 radical (unpaired) electrons. The molecule has 1 N–H and O–H groups in total. The highest BCUT2D eigenvalue weighted by molar-refractivity contribution is 7.10. The Morgan fingerprint density at radius 3 is 2.62 bits per heavy atom. The maximum absolute atomic E-state index is 5.92. The molecule has 0 aliphatic rings. The number of anilines is 1. The fourth-order valence-corrected chi connectivity index (χ4v) is 2.66. The van der Waals surface area contributed by atoms with Crippen LogP contribution in [0.4, 0.5) is 5.69 Å². The summed E-state index contributed by atoms with van der Waals surface area (Å²) >= 11 is 7.71. The number of benzene rings is 1. The first-order valence-electron chi connectivity index (χ1n) is 5.20. The second kappa shape index (κ2) is 4.89. The van der Waals surface area contributed by atoms with Gasteiger partial charge in [-0.3, -0.25) is 0 Å². The molecule has 2 aromatic rings. The summed E-state index contributed by atoms with van der Waals surface area (Å²) in [4.78, 5) is 1.38. The molecule has 0 bridgehead atoms. The average Bonchev–Trinajstić information content (AvgIpc) is 2.63. The van der Waals surface area contributed by atoms with Crippen LogP contribution in [0.2, 0.25) is 5.02 Å². The summed E-state index contributed by atoms with van der Waals surface area (Å²) in [6.45, 7) is 5.09. The minimum Gasteiger partial charge on any atom is -0.380 e. The zero-order chi connectivity index (χ0) is 11.5.